The standard InChI is InChI=1S/C10H9NS/c1-2-9-5-3-4-6-10(9)7-12-8-11/h2-6H,1,7H2. The fourth-order valence-corrected chi connectivity index (χ4v) is 1.46. The van der Waals surface area contributed by atoms with Gasteiger partial charge >= 0.3 is 0 Å². The minimum absolute atomic E-state index is 0.735. The molecule has 1 rings (SSSR count). The number of thiocyanates is 1. The summed E-state index contributed by atoms with van der Waals surface area (Å²) in [6.07, 6.45) is 1.81. The van der Waals surface area contributed by atoms with Crippen LogP contribution in [-0.2, 0) is 5.75 Å². The summed E-state index contributed by atoms with van der Waals surface area (Å²) < 4.78 is 0. The summed E-state index contributed by atoms with van der Waals surface area (Å²) in [7, 11) is 0. The second kappa shape index (κ2) is 4.63. The monoisotopic (exact) mass is 175 g/mol. The van der Waals surface area contributed by atoms with Crippen molar-refractivity contribution < 1.29 is 0 Å². The van der Waals surface area contributed by atoms with Crippen molar-refractivity contribution in [1.82, 2.24) is 0 Å². The third-order valence-electron chi connectivity index (χ3n) is 1.57. The number of rotatable bonds is 3. The van der Waals surface area contributed by atoms with Crippen molar-refractivity contribution in [1.29, 1.82) is 5.26 Å². The summed E-state index contributed by atoms with van der Waals surface area (Å²) in [5.41, 5.74) is 2.28. The molecule has 0 heterocycles. The molecule has 0 aliphatic heterocycles. The number of hydrogen-bond donors (Lipinski definition) is 0. The molecule has 0 bridgehead atoms. The molecule has 0 fully saturated rings. The fraction of sp³-hybridized carbons (Fsp3) is 0.100. The molecule has 0 spiro atoms. The van der Waals surface area contributed by atoms with Gasteiger partial charge in [-0.3, -0.25) is 0 Å². The van der Waals surface area contributed by atoms with E-state index < -0.39 is 0 Å². The zero-order valence-electron chi connectivity index (χ0n) is 6.66. The van der Waals surface area contributed by atoms with E-state index in [0.717, 1.165) is 11.3 Å². The van der Waals surface area contributed by atoms with Gasteiger partial charge in [0.1, 0.15) is 5.40 Å². The molecule has 1 aromatic carbocycles. The normalized spacial score (nSPS) is 8.92. The minimum Gasteiger partial charge on any atom is -0.185 e. The van der Waals surface area contributed by atoms with E-state index in [4.69, 9.17) is 5.26 Å². The molecule has 0 amide bonds. The largest absolute Gasteiger partial charge is 0.185 e. The lowest BCUT2D eigenvalue weighted by molar-refractivity contribution is 1.40. The van der Waals surface area contributed by atoms with Crippen LogP contribution in [0.5, 0.6) is 0 Å². The number of hydrogen-bond acceptors (Lipinski definition) is 2. The van der Waals surface area contributed by atoms with E-state index in [-0.39, 0.29) is 0 Å². The highest BCUT2D eigenvalue weighted by Gasteiger charge is 1.96. The molecule has 0 radical (unpaired) electrons. The van der Waals surface area contributed by atoms with Gasteiger partial charge in [-0.1, -0.05) is 36.9 Å². The third-order valence-corrected chi connectivity index (χ3v) is 2.15. The highest BCUT2D eigenvalue weighted by molar-refractivity contribution is 8.02. The van der Waals surface area contributed by atoms with E-state index in [1.165, 1.54) is 17.3 Å². The van der Waals surface area contributed by atoms with Crippen LogP contribution in [0.4, 0.5) is 0 Å². The van der Waals surface area contributed by atoms with Crippen LogP contribution in [0.25, 0.3) is 6.08 Å². The van der Waals surface area contributed by atoms with Gasteiger partial charge in [-0.2, -0.15) is 5.26 Å². The molecule has 12 heavy (non-hydrogen) atoms. The average molecular weight is 175 g/mol. The summed E-state index contributed by atoms with van der Waals surface area (Å²) in [4.78, 5) is 0. The molecular weight excluding hydrogens is 166 g/mol. The second-order valence-corrected chi connectivity index (χ2v) is 3.04. The van der Waals surface area contributed by atoms with Gasteiger partial charge in [0, 0.05) is 5.75 Å². The second-order valence-electron chi connectivity index (χ2n) is 2.28. The van der Waals surface area contributed by atoms with Gasteiger partial charge in [0.2, 0.25) is 0 Å². The van der Waals surface area contributed by atoms with Crippen molar-refractivity contribution in [2.24, 2.45) is 0 Å². The molecule has 2 heteroatoms. The minimum atomic E-state index is 0.735. The van der Waals surface area contributed by atoms with Crippen LogP contribution in [0, 0.1) is 10.7 Å². The molecule has 0 saturated carbocycles. The SMILES string of the molecule is C=Cc1ccccc1CSC#N. The summed E-state index contributed by atoms with van der Waals surface area (Å²) in [6.45, 7) is 3.71. The van der Waals surface area contributed by atoms with Gasteiger partial charge in [0.15, 0.2) is 0 Å². The van der Waals surface area contributed by atoms with E-state index >= 15 is 0 Å². The Morgan fingerprint density at radius 1 is 1.50 bits per heavy atom. The van der Waals surface area contributed by atoms with Crippen LogP contribution >= 0.6 is 11.8 Å². The Bertz CT molecular complexity index is 312. The van der Waals surface area contributed by atoms with E-state index in [9.17, 15) is 0 Å². The van der Waals surface area contributed by atoms with Gasteiger partial charge in [-0.25, -0.2) is 0 Å². The number of nitrogens with zero attached hydrogens (tertiary/aromatic N) is 1. The Balaban J connectivity index is 2.83. The first-order valence-electron chi connectivity index (χ1n) is 3.59. The first-order chi connectivity index (χ1) is 5.88. The van der Waals surface area contributed by atoms with Crippen molar-refractivity contribution in [3.63, 3.8) is 0 Å². The molecule has 0 aliphatic carbocycles. The van der Waals surface area contributed by atoms with Crippen molar-refractivity contribution in [3.8, 4) is 5.40 Å². The first-order valence-corrected chi connectivity index (χ1v) is 4.58. The Morgan fingerprint density at radius 3 is 2.92 bits per heavy atom. The molecule has 0 unspecified atom stereocenters. The summed E-state index contributed by atoms with van der Waals surface area (Å²) in [6, 6.07) is 7.96. The van der Waals surface area contributed by atoms with E-state index in [1.807, 2.05) is 35.7 Å². The van der Waals surface area contributed by atoms with Crippen LogP contribution in [0.3, 0.4) is 0 Å². The zero-order chi connectivity index (χ0) is 8.81. The van der Waals surface area contributed by atoms with E-state index in [0.29, 0.717) is 0 Å². The van der Waals surface area contributed by atoms with Crippen LogP contribution in [0.1, 0.15) is 11.1 Å². The fourth-order valence-electron chi connectivity index (χ4n) is 0.975. The maximum absolute atomic E-state index is 8.38. The predicted molar refractivity (Wildman–Crippen MR) is 53.4 cm³/mol. The summed E-state index contributed by atoms with van der Waals surface area (Å²) in [5.74, 6) is 0.735. The summed E-state index contributed by atoms with van der Waals surface area (Å²) >= 11 is 1.25. The third kappa shape index (κ3) is 2.14. The quantitative estimate of drug-likeness (QED) is 0.659. The number of nitriles is 1. The van der Waals surface area contributed by atoms with Crippen LogP contribution in [0.2, 0.25) is 0 Å². The predicted octanol–water partition coefficient (Wildman–Crippen LogP) is 3.04. The van der Waals surface area contributed by atoms with Gasteiger partial charge in [0.25, 0.3) is 0 Å². The lowest BCUT2D eigenvalue weighted by atomic mass is 10.1. The Labute approximate surface area is 76.7 Å². The van der Waals surface area contributed by atoms with Crippen LogP contribution in [0.15, 0.2) is 30.8 Å². The number of benzene rings is 1. The Morgan fingerprint density at radius 2 is 2.25 bits per heavy atom. The Hall–Kier alpha value is -1.20. The molecule has 0 atom stereocenters. The van der Waals surface area contributed by atoms with Crippen LogP contribution < -0.4 is 0 Å². The molecule has 0 saturated heterocycles. The molecule has 0 aliphatic rings. The van der Waals surface area contributed by atoms with Gasteiger partial charge in [0.05, 0.1) is 0 Å². The molecule has 0 N–H and O–H groups in total. The topological polar surface area (TPSA) is 23.8 Å². The van der Waals surface area contributed by atoms with Crippen molar-refractivity contribution in [3.05, 3.63) is 42.0 Å². The van der Waals surface area contributed by atoms with Gasteiger partial charge in [-0.15, -0.1) is 0 Å². The molecule has 1 nitrogen and oxygen atoms in total. The van der Waals surface area contributed by atoms with E-state index in [1.54, 1.807) is 0 Å². The Kier molecular flexibility index (Phi) is 3.43. The summed E-state index contributed by atoms with van der Waals surface area (Å²) in [5, 5.41) is 10.4. The molecule has 1 aromatic rings. The lowest BCUT2D eigenvalue weighted by Crippen LogP contribution is -1.83. The highest BCUT2D eigenvalue weighted by Crippen LogP contribution is 2.16. The molecule has 0 aromatic heterocycles. The van der Waals surface area contributed by atoms with Crippen molar-refractivity contribution in [2.45, 2.75) is 5.75 Å². The number of thioether (sulfide) groups is 1. The maximum atomic E-state index is 8.38. The maximum Gasteiger partial charge on any atom is 0.133 e. The highest BCUT2D eigenvalue weighted by atomic mass is 32.2. The van der Waals surface area contributed by atoms with Gasteiger partial charge < -0.3 is 0 Å². The average Bonchev–Trinajstić information content (AvgIpc) is 2.15. The molecular formula is C10H9NS. The van der Waals surface area contributed by atoms with Crippen molar-refractivity contribution >= 4 is 17.8 Å². The zero-order valence-corrected chi connectivity index (χ0v) is 7.47. The van der Waals surface area contributed by atoms with Crippen LogP contribution in [-0.4, -0.2) is 0 Å². The smallest absolute Gasteiger partial charge is 0.133 e. The molecule has 60 valence electrons. The van der Waals surface area contributed by atoms with E-state index in [2.05, 4.69) is 6.58 Å². The lowest BCUT2D eigenvalue weighted by Gasteiger charge is -2.00. The van der Waals surface area contributed by atoms with Crippen molar-refractivity contribution in [2.75, 3.05) is 0 Å². The first kappa shape index (κ1) is 8.89. The van der Waals surface area contributed by atoms with Gasteiger partial charge in [-0.05, 0) is 22.9 Å².